The Bertz CT molecular complexity index is 3500. The van der Waals surface area contributed by atoms with E-state index in [1.54, 1.807) is 6.07 Å². The van der Waals surface area contributed by atoms with Gasteiger partial charge in [-0.2, -0.15) is 18.4 Å². The standard InChI is InChI=1S/C23H25F3N4S.C23H25N5S.C22H27N5S/c24-23(25,26)18-6-3-7-19(15-18)29-11-13-30(14-12-29)22(31)28-16-17-5-4-10-27-21-9-2-1-8-20(17)21;24-16-18-7-9-20(10-8-18)27-12-14-28(15-13-27)23(29)26-17-19-4-3-11-25-22-6-2-1-5-21(19)22;23-19-8-2-4-10-21(19)26-12-14-27(15-13-26)22(28)25-16-17-6-5-11-24-20-9-3-1-7-18(17)20/h1-3,6-9,15-16,27H,4-5,10-14H2,(H,28,31);1-2,5-10,17,25H,3-4,11-15H2,(H,26,29);1-4,7-10,16,24H,5-6,11-15,23H2,(H,25,28)/b17-16-;19-17-;17-16-. The van der Waals surface area contributed by atoms with Crippen LogP contribution in [0.5, 0.6) is 0 Å². The molecular weight excluding hydrogens is 1170 g/mol. The summed E-state index contributed by atoms with van der Waals surface area (Å²) in [6.07, 6.45) is 8.15. The van der Waals surface area contributed by atoms with E-state index in [9.17, 15) is 13.2 Å². The van der Waals surface area contributed by atoms with Gasteiger partial charge in [0.15, 0.2) is 15.3 Å². The maximum Gasteiger partial charge on any atom is 0.416 e. The van der Waals surface area contributed by atoms with Gasteiger partial charge in [0.25, 0.3) is 0 Å². The SMILES string of the molecule is FC(F)(F)c1cccc(N2CCN(C(=S)N/C=C3/CCCNc4ccccc43)CC2)c1.N#Cc1ccc(N2CCN(C(=S)N/C=C3/CCCNc4ccccc43)CC2)cc1.Nc1ccccc1N1CCN(C(=S)N/C=C2/CCCNc3ccccc32)CC1. The van der Waals surface area contributed by atoms with Crippen molar-refractivity contribution in [2.45, 2.75) is 44.7 Å². The maximum atomic E-state index is 13.0. The number of nitrogens with two attached hydrogens (primary N) is 1. The molecule has 6 aromatic rings. The Morgan fingerprint density at radius 3 is 1.26 bits per heavy atom. The lowest BCUT2D eigenvalue weighted by Gasteiger charge is -2.37. The lowest BCUT2D eigenvalue weighted by molar-refractivity contribution is -0.137. The van der Waals surface area contributed by atoms with Crippen LogP contribution < -0.4 is 52.3 Å². The first-order valence-electron chi connectivity index (χ1n) is 30.4. The fourth-order valence-electron chi connectivity index (χ4n) is 11.7. The molecule has 6 aromatic carbocycles. The van der Waals surface area contributed by atoms with Gasteiger partial charge in [-0.25, -0.2) is 0 Å². The van der Waals surface area contributed by atoms with Crippen molar-refractivity contribution in [1.82, 2.24) is 30.7 Å². The second-order valence-electron chi connectivity index (χ2n) is 22.3. The molecule has 88 heavy (non-hydrogen) atoms. The first-order chi connectivity index (χ1) is 42.9. The number of piperazine rings is 3. The van der Waals surface area contributed by atoms with Crippen molar-refractivity contribution in [3.05, 3.63) is 192 Å². The average Bonchev–Trinajstić information content (AvgIpc) is 4.20. The molecule has 20 heteroatoms. The summed E-state index contributed by atoms with van der Waals surface area (Å²) in [4.78, 5) is 13.2. The highest BCUT2D eigenvalue weighted by Gasteiger charge is 2.31. The van der Waals surface area contributed by atoms with Crippen LogP contribution in [0, 0.1) is 11.3 Å². The van der Waals surface area contributed by atoms with Crippen LogP contribution in [-0.2, 0) is 6.18 Å². The molecule has 0 spiro atoms. The zero-order valence-corrected chi connectivity index (χ0v) is 52.0. The highest BCUT2D eigenvalue weighted by atomic mass is 32.1. The van der Waals surface area contributed by atoms with E-state index in [1.807, 2.05) is 65.7 Å². The van der Waals surface area contributed by atoms with E-state index in [0.717, 1.165) is 150 Å². The molecule has 6 aliphatic rings. The topological polar surface area (TPSA) is 141 Å². The zero-order chi connectivity index (χ0) is 61.2. The van der Waals surface area contributed by atoms with E-state index in [1.165, 1.54) is 56.9 Å². The van der Waals surface area contributed by atoms with Crippen molar-refractivity contribution in [3.8, 4) is 6.07 Å². The summed E-state index contributed by atoms with van der Waals surface area (Å²) in [7, 11) is 0. The Morgan fingerprint density at radius 1 is 0.466 bits per heavy atom. The molecule has 458 valence electrons. The Labute approximate surface area is 531 Å². The number of nitrogen functional groups attached to an aromatic ring is 1. The fourth-order valence-corrected chi connectivity index (χ4v) is 12.4. The smallest absolute Gasteiger partial charge is 0.397 e. The van der Waals surface area contributed by atoms with Gasteiger partial charge in [0.05, 0.1) is 28.6 Å². The molecule has 0 bridgehead atoms. The van der Waals surface area contributed by atoms with Crippen molar-refractivity contribution in [3.63, 3.8) is 0 Å². The monoisotopic (exact) mass is 1240 g/mol. The number of nitriles is 1. The number of benzene rings is 6. The largest absolute Gasteiger partial charge is 0.416 e. The second kappa shape index (κ2) is 30.4. The number of anilines is 7. The van der Waals surface area contributed by atoms with E-state index in [-0.39, 0.29) is 0 Å². The van der Waals surface area contributed by atoms with Gasteiger partial charge >= 0.3 is 6.18 Å². The van der Waals surface area contributed by atoms with Crippen molar-refractivity contribution in [2.24, 2.45) is 0 Å². The summed E-state index contributed by atoms with van der Waals surface area (Å²) in [5.41, 5.74) is 21.0. The molecule has 3 fully saturated rings. The number of rotatable bonds is 6. The van der Waals surface area contributed by atoms with Crippen LogP contribution in [0.15, 0.2) is 164 Å². The molecule has 0 atom stereocenters. The molecular formula is C68H77F3N14S3. The van der Waals surface area contributed by atoms with Gasteiger partial charge in [-0.15, -0.1) is 0 Å². The Morgan fingerprint density at radius 2 is 0.852 bits per heavy atom. The molecule has 0 unspecified atom stereocenters. The number of alkyl halides is 3. The van der Waals surface area contributed by atoms with Gasteiger partial charge in [-0.1, -0.05) is 72.8 Å². The lowest BCUT2D eigenvalue weighted by Crippen LogP contribution is -2.51. The predicted molar refractivity (Wildman–Crippen MR) is 368 cm³/mol. The number of halogens is 3. The van der Waals surface area contributed by atoms with Gasteiger partial charge < -0.3 is 67.0 Å². The average molecular weight is 1240 g/mol. The minimum Gasteiger partial charge on any atom is -0.397 e. The van der Waals surface area contributed by atoms with E-state index < -0.39 is 11.7 Å². The van der Waals surface area contributed by atoms with Crippen molar-refractivity contribution in [2.75, 3.05) is 135 Å². The highest BCUT2D eigenvalue weighted by Crippen LogP contribution is 2.34. The third-order valence-corrected chi connectivity index (χ3v) is 17.8. The molecule has 0 amide bonds. The van der Waals surface area contributed by atoms with Gasteiger partial charge in [-0.3, -0.25) is 0 Å². The van der Waals surface area contributed by atoms with E-state index in [4.69, 9.17) is 47.6 Å². The van der Waals surface area contributed by atoms with Crippen LogP contribution in [-0.4, -0.2) is 128 Å². The molecule has 14 nitrogen and oxygen atoms in total. The molecule has 0 saturated carbocycles. The normalized spacial score (nSPS) is 18.0. The molecule has 0 aromatic heterocycles. The molecule has 8 N–H and O–H groups in total. The maximum absolute atomic E-state index is 13.0. The number of fused-ring (bicyclic) bond motifs is 3. The van der Waals surface area contributed by atoms with Gasteiger partial charge in [0.2, 0.25) is 0 Å². The van der Waals surface area contributed by atoms with Crippen molar-refractivity contribution in [1.29, 1.82) is 5.26 Å². The molecule has 12 rings (SSSR count). The lowest BCUT2D eigenvalue weighted by atomic mass is 10.0. The number of hydrogen-bond donors (Lipinski definition) is 7. The molecule has 3 saturated heterocycles. The minimum atomic E-state index is -4.33. The third-order valence-electron chi connectivity index (χ3n) is 16.6. The minimum absolute atomic E-state index is 0.595. The summed E-state index contributed by atoms with van der Waals surface area (Å²) in [5.74, 6) is 0. The number of para-hydroxylation sites is 5. The number of thiocarbonyl (C=S) groups is 3. The summed E-state index contributed by atoms with van der Waals surface area (Å²) in [6.45, 7) is 12.7. The zero-order valence-electron chi connectivity index (χ0n) is 49.5. The van der Waals surface area contributed by atoms with Crippen LogP contribution >= 0.6 is 36.7 Å². The van der Waals surface area contributed by atoms with E-state index in [0.29, 0.717) is 42.5 Å². The summed E-state index contributed by atoms with van der Waals surface area (Å²) >= 11 is 16.9. The highest BCUT2D eigenvalue weighted by molar-refractivity contribution is 7.80. The van der Waals surface area contributed by atoms with E-state index in [2.05, 4.69) is 142 Å². The first-order valence-corrected chi connectivity index (χ1v) is 31.6. The number of nitrogens with one attached hydrogen (secondary N) is 6. The predicted octanol–water partition coefficient (Wildman–Crippen LogP) is 12.3. The molecule has 6 aliphatic heterocycles. The summed E-state index contributed by atoms with van der Waals surface area (Å²) in [5, 5.41) is 31.7. The molecule has 6 heterocycles. The number of hydrogen-bond acceptors (Lipinski definition) is 11. The Kier molecular flexibility index (Phi) is 21.6. The molecule has 0 aliphatic carbocycles. The first kappa shape index (κ1) is 62.5. The number of allylic oxidation sites excluding steroid dienone is 3. The summed E-state index contributed by atoms with van der Waals surface area (Å²) < 4.78 is 39.0. The van der Waals surface area contributed by atoms with Crippen molar-refractivity contribution >= 4 is 109 Å². The fraction of sp³-hybridized carbons (Fsp3) is 0.324. The summed E-state index contributed by atoms with van der Waals surface area (Å²) in [6, 6.07) is 48.7. The van der Waals surface area contributed by atoms with Crippen LogP contribution in [0.4, 0.5) is 53.0 Å². The van der Waals surface area contributed by atoms with Crippen LogP contribution in [0.1, 0.15) is 66.3 Å². The van der Waals surface area contributed by atoms with Crippen LogP contribution in [0.2, 0.25) is 0 Å². The van der Waals surface area contributed by atoms with E-state index >= 15 is 0 Å². The quantitative estimate of drug-likeness (QED) is 0.0628. The van der Waals surface area contributed by atoms with Gasteiger partial charge in [0.1, 0.15) is 0 Å². The van der Waals surface area contributed by atoms with Crippen LogP contribution in [0.25, 0.3) is 16.7 Å². The second-order valence-corrected chi connectivity index (χ2v) is 23.4. The Balaban J connectivity index is 0.000000146. The van der Waals surface area contributed by atoms with Crippen molar-refractivity contribution < 1.29 is 13.2 Å². The Hall–Kier alpha value is -8.51. The third kappa shape index (κ3) is 16.6. The molecule has 0 radical (unpaired) electrons. The van der Waals surface area contributed by atoms with Gasteiger partial charge in [-0.05, 0) is 165 Å². The van der Waals surface area contributed by atoms with Crippen LogP contribution in [0.3, 0.4) is 0 Å². The number of nitrogens with zero attached hydrogens (tertiary/aromatic N) is 7. The van der Waals surface area contributed by atoms with Gasteiger partial charge in [0, 0.05) is 162 Å².